The maximum atomic E-state index is 5.51. The second-order valence-corrected chi connectivity index (χ2v) is 11.5. The minimum Gasteiger partial charge on any atom is -0.353 e. The zero-order valence-corrected chi connectivity index (χ0v) is 22.3. The number of aryl methyl sites for hydroxylation is 1. The fourth-order valence-electron chi connectivity index (χ4n) is 5.09. The minimum atomic E-state index is 0.471. The van der Waals surface area contributed by atoms with Gasteiger partial charge in [-0.05, 0) is 61.8 Å². The van der Waals surface area contributed by atoms with Gasteiger partial charge in [-0.15, -0.1) is 0 Å². The SMILES string of the molecule is CCCCc1cc2c(c(C(C)C)c1CC)N=C(N1CCN(C(C)C)CC1)c1cscc1S2. The van der Waals surface area contributed by atoms with E-state index < -0.39 is 0 Å². The topological polar surface area (TPSA) is 18.8 Å². The summed E-state index contributed by atoms with van der Waals surface area (Å²) in [7, 11) is 0. The average Bonchev–Trinajstić information content (AvgIpc) is 3.17. The fraction of sp³-hybridized carbons (Fsp3) is 0.593. The number of rotatable bonds is 6. The highest BCUT2D eigenvalue weighted by Crippen LogP contribution is 2.47. The van der Waals surface area contributed by atoms with Crippen LogP contribution in [0.4, 0.5) is 5.69 Å². The highest BCUT2D eigenvalue weighted by atomic mass is 32.2. The van der Waals surface area contributed by atoms with Crippen LogP contribution >= 0.6 is 23.1 Å². The number of piperazine rings is 1. The van der Waals surface area contributed by atoms with Gasteiger partial charge in [0, 0.05) is 58.3 Å². The Morgan fingerprint density at radius 2 is 1.75 bits per heavy atom. The lowest BCUT2D eigenvalue weighted by atomic mass is 9.88. The Bertz CT molecular complexity index is 966. The van der Waals surface area contributed by atoms with Crippen molar-refractivity contribution >= 4 is 34.6 Å². The van der Waals surface area contributed by atoms with Crippen LogP contribution in [-0.4, -0.2) is 47.9 Å². The Labute approximate surface area is 203 Å². The van der Waals surface area contributed by atoms with E-state index in [1.165, 1.54) is 51.7 Å². The molecule has 0 spiro atoms. The molecule has 2 aromatic rings. The van der Waals surface area contributed by atoms with E-state index in [0.29, 0.717) is 12.0 Å². The Morgan fingerprint density at radius 1 is 1.00 bits per heavy atom. The summed E-state index contributed by atoms with van der Waals surface area (Å²) in [6, 6.07) is 3.09. The standard InChI is InChI=1S/C27H39N3S2/c1-7-9-10-20-15-23-26(25(18(3)4)21(20)8-2)28-27(22-16-31-17-24(22)32-23)30-13-11-29(12-14-30)19(5)6/h15-19H,7-14H2,1-6H3. The molecule has 0 bridgehead atoms. The third kappa shape index (κ3) is 4.67. The van der Waals surface area contributed by atoms with Crippen molar-refractivity contribution in [3.8, 4) is 0 Å². The molecule has 1 saturated heterocycles. The van der Waals surface area contributed by atoms with E-state index in [9.17, 15) is 0 Å². The van der Waals surface area contributed by atoms with Crippen molar-refractivity contribution in [2.24, 2.45) is 4.99 Å². The lowest BCUT2D eigenvalue weighted by Crippen LogP contribution is -2.50. The van der Waals surface area contributed by atoms with Crippen molar-refractivity contribution in [1.29, 1.82) is 0 Å². The number of amidine groups is 1. The fourth-order valence-corrected chi connectivity index (χ4v) is 7.16. The van der Waals surface area contributed by atoms with Crippen LogP contribution in [0.5, 0.6) is 0 Å². The molecule has 174 valence electrons. The second-order valence-electron chi connectivity index (χ2n) is 9.69. The summed E-state index contributed by atoms with van der Waals surface area (Å²) in [6.07, 6.45) is 4.76. The van der Waals surface area contributed by atoms with E-state index in [1.807, 2.05) is 23.1 Å². The van der Waals surface area contributed by atoms with E-state index >= 15 is 0 Å². The van der Waals surface area contributed by atoms with Gasteiger partial charge in [0.25, 0.3) is 0 Å². The van der Waals surface area contributed by atoms with Crippen molar-refractivity contribution in [2.75, 3.05) is 26.2 Å². The highest BCUT2D eigenvalue weighted by Gasteiger charge is 2.29. The Kier molecular flexibility index (Phi) is 7.69. The van der Waals surface area contributed by atoms with Gasteiger partial charge in [-0.2, -0.15) is 11.3 Å². The smallest absolute Gasteiger partial charge is 0.138 e. The normalized spacial score (nSPS) is 16.9. The van der Waals surface area contributed by atoms with Crippen LogP contribution in [0.2, 0.25) is 0 Å². The van der Waals surface area contributed by atoms with Crippen molar-refractivity contribution in [2.45, 2.75) is 89.0 Å². The third-order valence-electron chi connectivity index (χ3n) is 6.89. The Balaban J connectivity index is 1.83. The van der Waals surface area contributed by atoms with Crippen molar-refractivity contribution in [3.63, 3.8) is 0 Å². The summed E-state index contributed by atoms with van der Waals surface area (Å²) in [5.74, 6) is 1.67. The molecule has 1 aromatic heterocycles. The van der Waals surface area contributed by atoms with E-state index in [1.54, 1.807) is 11.1 Å². The number of nitrogens with zero attached hydrogens (tertiary/aromatic N) is 3. The summed E-state index contributed by atoms with van der Waals surface area (Å²) in [5.41, 5.74) is 7.15. The summed E-state index contributed by atoms with van der Waals surface area (Å²) < 4.78 is 0. The van der Waals surface area contributed by atoms with E-state index in [4.69, 9.17) is 4.99 Å². The summed E-state index contributed by atoms with van der Waals surface area (Å²) in [5, 5.41) is 4.64. The zero-order valence-electron chi connectivity index (χ0n) is 20.7. The van der Waals surface area contributed by atoms with Gasteiger partial charge >= 0.3 is 0 Å². The lowest BCUT2D eigenvalue weighted by Gasteiger charge is -2.38. The van der Waals surface area contributed by atoms with E-state index in [2.05, 4.69) is 68.2 Å². The van der Waals surface area contributed by atoms with Gasteiger partial charge < -0.3 is 4.90 Å². The lowest BCUT2D eigenvalue weighted by molar-refractivity contribution is 0.149. The average molecular weight is 470 g/mol. The van der Waals surface area contributed by atoms with Crippen molar-refractivity contribution in [1.82, 2.24) is 9.80 Å². The summed E-state index contributed by atoms with van der Waals surface area (Å²) in [6.45, 7) is 18.3. The number of fused-ring (bicyclic) bond motifs is 2. The van der Waals surface area contributed by atoms with Crippen LogP contribution in [0.15, 0.2) is 31.6 Å². The van der Waals surface area contributed by atoms with Gasteiger partial charge in [0.2, 0.25) is 0 Å². The Morgan fingerprint density at radius 3 is 2.38 bits per heavy atom. The van der Waals surface area contributed by atoms with Crippen LogP contribution in [0.25, 0.3) is 0 Å². The summed E-state index contributed by atoms with van der Waals surface area (Å²) in [4.78, 5) is 13.4. The number of aliphatic imine (C=N–C) groups is 1. The largest absolute Gasteiger partial charge is 0.353 e. The minimum absolute atomic E-state index is 0.471. The highest BCUT2D eigenvalue weighted by molar-refractivity contribution is 7.99. The van der Waals surface area contributed by atoms with Gasteiger partial charge in [-0.3, -0.25) is 4.90 Å². The van der Waals surface area contributed by atoms with Crippen LogP contribution in [0.1, 0.15) is 82.6 Å². The van der Waals surface area contributed by atoms with Crippen LogP contribution in [0, 0.1) is 0 Å². The molecule has 0 N–H and O–H groups in total. The van der Waals surface area contributed by atoms with Crippen LogP contribution in [0.3, 0.4) is 0 Å². The molecule has 1 fully saturated rings. The van der Waals surface area contributed by atoms with Gasteiger partial charge in [0.15, 0.2) is 0 Å². The van der Waals surface area contributed by atoms with E-state index in [0.717, 1.165) is 32.6 Å². The monoisotopic (exact) mass is 469 g/mol. The van der Waals surface area contributed by atoms with Gasteiger partial charge in [-0.25, -0.2) is 4.99 Å². The maximum absolute atomic E-state index is 5.51. The molecule has 5 heteroatoms. The molecular formula is C27H39N3S2. The number of unbranched alkanes of at least 4 members (excludes halogenated alkanes) is 1. The predicted molar refractivity (Wildman–Crippen MR) is 141 cm³/mol. The van der Waals surface area contributed by atoms with E-state index in [-0.39, 0.29) is 0 Å². The molecule has 0 atom stereocenters. The maximum Gasteiger partial charge on any atom is 0.138 e. The second kappa shape index (κ2) is 10.3. The first-order valence-corrected chi connectivity index (χ1v) is 14.2. The molecule has 0 saturated carbocycles. The molecule has 0 unspecified atom stereocenters. The third-order valence-corrected chi connectivity index (χ3v) is 8.87. The predicted octanol–water partition coefficient (Wildman–Crippen LogP) is 7.35. The van der Waals surface area contributed by atoms with Crippen LogP contribution < -0.4 is 0 Å². The number of hydrogen-bond donors (Lipinski definition) is 0. The Hall–Kier alpha value is -1.30. The quantitative estimate of drug-likeness (QED) is 0.441. The van der Waals surface area contributed by atoms with Gasteiger partial charge in [0.05, 0.1) is 5.69 Å². The zero-order chi connectivity index (χ0) is 22.8. The molecule has 32 heavy (non-hydrogen) atoms. The van der Waals surface area contributed by atoms with Gasteiger partial charge in [-0.1, -0.05) is 45.9 Å². The van der Waals surface area contributed by atoms with Crippen molar-refractivity contribution in [3.05, 3.63) is 39.1 Å². The molecule has 0 aliphatic carbocycles. The molecule has 4 rings (SSSR count). The molecule has 3 heterocycles. The first-order chi connectivity index (χ1) is 15.4. The van der Waals surface area contributed by atoms with Crippen LogP contribution in [-0.2, 0) is 12.8 Å². The molecule has 0 radical (unpaired) electrons. The van der Waals surface area contributed by atoms with Gasteiger partial charge in [0.1, 0.15) is 5.84 Å². The molecule has 3 nitrogen and oxygen atoms in total. The number of benzene rings is 1. The van der Waals surface area contributed by atoms with Crippen molar-refractivity contribution < 1.29 is 0 Å². The summed E-state index contributed by atoms with van der Waals surface area (Å²) >= 11 is 3.75. The number of thiophene rings is 1. The molecule has 2 aliphatic rings. The molecular weight excluding hydrogens is 430 g/mol. The first kappa shape index (κ1) is 23.8. The first-order valence-electron chi connectivity index (χ1n) is 12.4. The molecule has 0 amide bonds. The molecule has 1 aromatic carbocycles. The number of hydrogen-bond acceptors (Lipinski definition) is 5. The molecule has 2 aliphatic heterocycles.